The molecule has 1 amide bonds. The van der Waals surface area contributed by atoms with Gasteiger partial charge in [0.25, 0.3) is 0 Å². The van der Waals surface area contributed by atoms with Crippen molar-refractivity contribution in [2.75, 3.05) is 25.1 Å². The second kappa shape index (κ2) is 6.95. The fourth-order valence-electron chi connectivity index (χ4n) is 2.66. The number of nitrogens with one attached hydrogen (secondary N) is 1. The molecule has 112 valence electrons. The second-order valence-electron chi connectivity index (χ2n) is 6.28. The summed E-state index contributed by atoms with van der Waals surface area (Å²) in [7, 11) is 0. The van der Waals surface area contributed by atoms with Gasteiger partial charge in [0.05, 0.1) is 11.0 Å². The van der Waals surface area contributed by atoms with E-state index in [1.54, 1.807) is 18.7 Å². The fourth-order valence-corrected chi connectivity index (χ4v) is 3.38. The molecule has 0 aromatic carbocycles. The van der Waals surface area contributed by atoms with Crippen molar-refractivity contribution in [1.29, 1.82) is 0 Å². The summed E-state index contributed by atoms with van der Waals surface area (Å²) in [5, 5.41) is 13.0. The van der Waals surface area contributed by atoms with Crippen molar-refractivity contribution >= 4 is 17.7 Å². The van der Waals surface area contributed by atoms with Gasteiger partial charge in [-0.05, 0) is 44.8 Å². The van der Waals surface area contributed by atoms with Crippen molar-refractivity contribution in [1.82, 2.24) is 5.32 Å². The van der Waals surface area contributed by atoms with E-state index in [4.69, 9.17) is 5.73 Å². The van der Waals surface area contributed by atoms with Crippen LogP contribution in [-0.4, -0.2) is 41.7 Å². The van der Waals surface area contributed by atoms with Gasteiger partial charge in [0.15, 0.2) is 0 Å². The minimum absolute atomic E-state index is 0.0169. The molecule has 0 saturated heterocycles. The van der Waals surface area contributed by atoms with Crippen molar-refractivity contribution in [3.63, 3.8) is 0 Å². The first-order valence-corrected chi connectivity index (χ1v) is 8.44. The predicted molar refractivity (Wildman–Crippen MR) is 81.1 cm³/mol. The van der Waals surface area contributed by atoms with Crippen LogP contribution in [0.3, 0.4) is 0 Å². The Balaban J connectivity index is 2.55. The number of hydrogen-bond acceptors (Lipinski definition) is 4. The molecule has 0 bridgehead atoms. The molecule has 1 saturated carbocycles. The van der Waals surface area contributed by atoms with Gasteiger partial charge in [0.1, 0.15) is 0 Å². The SMILES string of the molecule is CSCC(C)(O)CNC(=O)C1(CN)CCC(C)CC1. The Morgan fingerprint density at radius 2 is 2.11 bits per heavy atom. The lowest BCUT2D eigenvalue weighted by Crippen LogP contribution is -2.52. The first kappa shape index (κ1) is 16.8. The molecule has 1 fully saturated rings. The van der Waals surface area contributed by atoms with Crippen LogP contribution in [0.1, 0.15) is 39.5 Å². The Labute approximate surface area is 120 Å². The summed E-state index contributed by atoms with van der Waals surface area (Å²) in [6, 6.07) is 0. The first-order valence-electron chi connectivity index (χ1n) is 7.05. The maximum atomic E-state index is 12.4. The topological polar surface area (TPSA) is 75.3 Å². The lowest BCUT2D eigenvalue weighted by atomic mass is 9.70. The van der Waals surface area contributed by atoms with Gasteiger partial charge < -0.3 is 16.2 Å². The second-order valence-corrected chi connectivity index (χ2v) is 7.15. The summed E-state index contributed by atoms with van der Waals surface area (Å²) >= 11 is 1.57. The van der Waals surface area contributed by atoms with E-state index in [1.807, 2.05) is 6.26 Å². The minimum atomic E-state index is -0.854. The third-order valence-corrected chi connectivity index (χ3v) is 5.10. The smallest absolute Gasteiger partial charge is 0.227 e. The van der Waals surface area contributed by atoms with Crippen molar-refractivity contribution in [2.24, 2.45) is 17.1 Å². The van der Waals surface area contributed by atoms with Gasteiger partial charge in [-0.15, -0.1) is 0 Å². The van der Waals surface area contributed by atoms with Crippen LogP contribution in [0.2, 0.25) is 0 Å². The molecule has 0 aliphatic heterocycles. The molecular formula is C14H28N2O2S. The number of hydrogen-bond donors (Lipinski definition) is 3. The molecule has 0 spiro atoms. The molecule has 1 atom stereocenters. The third kappa shape index (κ3) is 4.65. The van der Waals surface area contributed by atoms with Gasteiger partial charge >= 0.3 is 0 Å². The van der Waals surface area contributed by atoms with E-state index in [-0.39, 0.29) is 5.91 Å². The van der Waals surface area contributed by atoms with Crippen LogP contribution in [0, 0.1) is 11.3 Å². The molecule has 1 aliphatic carbocycles. The molecule has 1 unspecified atom stereocenters. The zero-order valence-corrected chi connectivity index (χ0v) is 13.2. The van der Waals surface area contributed by atoms with Crippen LogP contribution in [0.5, 0.6) is 0 Å². The lowest BCUT2D eigenvalue weighted by molar-refractivity contribution is -0.133. The number of nitrogens with two attached hydrogens (primary N) is 1. The van der Waals surface area contributed by atoms with Crippen LogP contribution >= 0.6 is 11.8 Å². The summed E-state index contributed by atoms with van der Waals surface area (Å²) in [4.78, 5) is 12.4. The zero-order chi connectivity index (χ0) is 14.5. The van der Waals surface area contributed by atoms with Crippen LogP contribution < -0.4 is 11.1 Å². The molecule has 4 nitrogen and oxygen atoms in total. The molecule has 1 rings (SSSR count). The molecular weight excluding hydrogens is 260 g/mol. The highest BCUT2D eigenvalue weighted by Crippen LogP contribution is 2.38. The Bertz CT molecular complexity index is 300. The van der Waals surface area contributed by atoms with E-state index in [0.29, 0.717) is 24.8 Å². The van der Waals surface area contributed by atoms with Gasteiger partial charge in [-0.1, -0.05) is 6.92 Å². The summed E-state index contributed by atoms with van der Waals surface area (Å²) in [6.45, 7) is 4.67. The molecule has 0 aromatic heterocycles. The van der Waals surface area contributed by atoms with Gasteiger partial charge in [-0.25, -0.2) is 0 Å². The van der Waals surface area contributed by atoms with E-state index < -0.39 is 11.0 Å². The highest BCUT2D eigenvalue weighted by Gasteiger charge is 2.40. The Morgan fingerprint density at radius 3 is 2.58 bits per heavy atom. The van der Waals surface area contributed by atoms with E-state index in [9.17, 15) is 9.90 Å². The monoisotopic (exact) mass is 288 g/mol. The molecule has 19 heavy (non-hydrogen) atoms. The standard InChI is InChI=1S/C14H28N2O2S/c1-11-4-6-14(8-15,7-5-11)12(17)16-9-13(2,18)10-19-3/h11,18H,4-10,15H2,1-3H3,(H,16,17). The van der Waals surface area contributed by atoms with Crippen molar-refractivity contribution in [2.45, 2.75) is 45.1 Å². The zero-order valence-electron chi connectivity index (χ0n) is 12.4. The molecule has 0 aromatic rings. The third-order valence-electron chi connectivity index (χ3n) is 4.19. The molecule has 0 heterocycles. The minimum Gasteiger partial charge on any atom is -0.387 e. The summed E-state index contributed by atoms with van der Waals surface area (Å²) < 4.78 is 0. The fraction of sp³-hybridized carbons (Fsp3) is 0.929. The van der Waals surface area contributed by atoms with Gasteiger partial charge in [0, 0.05) is 18.8 Å². The predicted octanol–water partition coefficient (Wildman–Crippen LogP) is 1.37. The molecule has 0 radical (unpaired) electrons. The van der Waals surface area contributed by atoms with Crippen LogP contribution in [0.4, 0.5) is 0 Å². The van der Waals surface area contributed by atoms with Gasteiger partial charge in [0.2, 0.25) is 5.91 Å². The van der Waals surface area contributed by atoms with Gasteiger partial charge in [-0.2, -0.15) is 11.8 Å². The largest absolute Gasteiger partial charge is 0.387 e. The Morgan fingerprint density at radius 1 is 1.53 bits per heavy atom. The van der Waals surface area contributed by atoms with E-state index in [0.717, 1.165) is 25.7 Å². The maximum Gasteiger partial charge on any atom is 0.227 e. The van der Waals surface area contributed by atoms with Crippen LogP contribution in [0.25, 0.3) is 0 Å². The van der Waals surface area contributed by atoms with E-state index in [1.165, 1.54) is 0 Å². The number of carbonyl (C=O) groups is 1. The Hall–Kier alpha value is -0.260. The van der Waals surface area contributed by atoms with Crippen molar-refractivity contribution in [3.8, 4) is 0 Å². The highest BCUT2D eigenvalue weighted by atomic mass is 32.2. The molecule has 1 aliphatic rings. The summed E-state index contributed by atoms with van der Waals surface area (Å²) in [6.07, 6.45) is 5.79. The molecule has 4 N–H and O–H groups in total. The van der Waals surface area contributed by atoms with Crippen LogP contribution in [0.15, 0.2) is 0 Å². The van der Waals surface area contributed by atoms with Gasteiger partial charge in [-0.3, -0.25) is 4.79 Å². The average Bonchev–Trinajstić information content (AvgIpc) is 2.37. The quantitative estimate of drug-likeness (QED) is 0.690. The van der Waals surface area contributed by atoms with E-state index in [2.05, 4.69) is 12.2 Å². The normalized spacial score (nSPS) is 30.7. The average molecular weight is 288 g/mol. The first-order chi connectivity index (χ1) is 8.85. The Kier molecular flexibility index (Phi) is 6.15. The highest BCUT2D eigenvalue weighted by molar-refractivity contribution is 7.98. The van der Waals surface area contributed by atoms with Crippen molar-refractivity contribution in [3.05, 3.63) is 0 Å². The number of thioether (sulfide) groups is 1. The number of rotatable bonds is 6. The number of amides is 1. The van der Waals surface area contributed by atoms with Crippen LogP contribution in [-0.2, 0) is 4.79 Å². The summed E-state index contributed by atoms with van der Waals surface area (Å²) in [5.41, 5.74) is 4.59. The lowest BCUT2D eigenvalue weighted by Gasteiger charge is -2.37. The number of aliphatic hydroxyl groups is 1. The maximum absolute atomic E-state index is 12.4. The number of carbonyl (C=O) groups excluding carboxylic acids is 1. The van der Waals surface area contributed by atoms with Crippen molar-refractivity contribution < 1.29 is 9.90 Å². The summed E-state index contributed by atoms with van der Waals surface area (Å²) in [5.74, 6) is 1.32. The molecule has 5 heteroatoms. The van der Waals surface area contributed by atoms with E-state index >= 15 is 0 Å².